The van der Waals surface area contributed by atoms with Crippen molar-refractivity contribution in [2.45, 2.75) is 19.8 Å². The molecule has 0 aliphatic carbocycles. The predicted octanol–water partition coefficient (Wildman–Crippen LogP) is 3.80. The van der Waals surface area contributed by atoms with Gasteiger partial charge in [0.2, 0.25) is 5.91 Å². The van der Waals surface area contributed by atoms with Gasteiger partial charge in [-0.1, -0.05) is 31.2 Å². The van der Waals surface area contributed by atoms with E-state index in [1.807, 2.05) is 24.3 Å². The van der Waals surface area contributed by atoms with Crippen molar-refractivity contribution in [1.82, 2.24) is 0 Å². The fourth-order valence-corrected chi connectivity index (χ4v) is 1.86. The topological polar surface area (TPSA) is 38.3 Å². The third kappa shape index (κ3) is 4.60. The molecular formula is C17H18FNO2. The maximum Gasteiger partial charge on any atom is 0.227 e. The van der Waals surface area contributed by atoms with Gasteiger partial charge < -0.3 is 10.1 Å². The van der Waals surface area contributed by atoms with Crippen LogP contribution in [0.25, 0.3) is 0 Å². The summed E-state index contributed by atoms with van der Waals surface area (Å²) in [7, 11) is 0. The van der Waals surface area contributed by atoms with Gasteiger partial charge in [0.25, 0.3) is 0 Å². The Morgan fingerprint density at radius 2 is 1.86 bits per heavy atom. The summed E-state index contributed by atoms with van der Waals surface area (Å²) in [6.45, 7) is 2.22. The molecule has 0 saturated carbocycles. The third-order valence-electron chi connectivity index (χ3n) is 3.07. The first kappa shape index (κ1) is 15.0. The molecule has 0 fully saturated rings. The number of aryl methyl sites for hydroxylation is 1. The number of para-hydroxylation sites is 1. The van der Waals surface area contributed by atoms with Gasteiger partial charge in [0.1, 0.15) is 0 Å². The molecule has 0 atom stereocenters. The first-order valence-electron chi connectivity index (χ1n) is 6.95. The van der Waals surface area contributed by atoms with Crippen LogP contribution in [0.5, 0.6) is 5.75 Å². The number of ether oxygens (including phenoxy) is 1. The smallest absolute Gasteiger partial charge is 0.227 e. The lowest BCUT2D eigenvalue weighted by Gasteiger charge is -2.08. The van der Waals surface area contributed by atoms with E-state index in [1.165, 1.54) is 17.7 Å². The van der Waals surface area contributed by atoms with Crippen LogP contribution in [0.2, 0.25) is 0 Å². The Hall–Kier alpha value is -2.36. The molecule has 2 aromatic carbocycles. The van der Waals surface area contributed by atoms with Gasteiger partial charge >= 0.3 is 0 Å². The Morgan fingerprint density at radius 1 is 1.14 bits per heavy atom. The second-order valence-electron chi connectivity index (χ2n) is 4.63. The first-order chi connectivity index (χ1) is 10.2. The molecule has 2 rings (SSSR count). The Morgan fingerprint density at radius 3 is 2.52 bits per heavy atom. The van der Waals surface area contributed by atoms with Gasteiger partial charge in [0.05, 0.1) is 13.0 Å². The molecule has 1 amide bonds. The number of carbonyl (C=O) groups excluding carboxylic acids is 1. The summed E-state index contributed by atoms with van der Waals surface area (Å²) in [5.74, 6) is -0.416. The van der Waals surface area contributed by atoms with E-state index < -0.39 is 5.82 Å². The first-order valence-corrected chi connectivity index (χ1v) is 6.95. The molecule has 0 aliphatic rings. The predicted molar refractivity (Wildman–Crippen MR) is 81.0 cm³/mol. The molecule has 1 N–H and O–H groups in total. The van der Waals surface area contributed by atoms with E-state index in [0.717, 1.165) is 12.1 Å². The van der Waals surface area contributed by atoms with Crippen molar-refractivity contribution in [3.05, 3.63) is 59.9 Å². The molecule has 0 saturated heterocycles. The minimum atomic E-state index is -0.423. The van der Waals surface area contributed by atoms with Crippen LogP contribution >= 0.6 is 0 Å². The molecule has 0 heterocycles. The fourth-order valence-electron chi connectivity index (χ4n) is 1.86. The standard InChI is InChI=1S/C17H18FNO2/c1-2-13-7-9-14(10-8-13)19-17(20)11-12-21-16-6-4-3-5-15(16)18/h3-10H,2,11-12H2,1H3,(H,19,20). The largest absolute Gasteiger partial charge is 0.490 e. The van der Waals surface area contributed by atoms with Gasteiger partial charge in [-0.3, -0.25) is 4.79 Å². The Bertz CT molecular complexity index is 596. The quantitative estimate of drug-likeness (QED) is 0.877. The van der Waals surface area contributed by atoms with E-state index in [4.69, 9.17) is 4.74 Å². The zero-order valence-electron chi connectivity index (χ0n) is 11.9. The van der Waals surface area contributed by atoms with E-state index in [0.29, 0.717) is 0 Å². The van der Waals surface area contributed by atoms with Gasteiger partial charge in [-0.15, -0.1) is 0 Å². The van der Waals surface area contributed by atoms with Crippen molar-refractivity contribution in [2.24, 2.45) is 0 Å². The molecule has 2 aromatic rings. The van der Waals surface area contributed by atoms with Crippen molar-refractivity contribution in [3.8, 4) is 5.75 Å². The van der Waals surface area contributed by atoms with Crippen LogP contribution in [0.4, 0.5) is 10.1 Å². The van der Waals surface area contributed by atoms with Gasteiger partial charge in [0.15, 0.2) is 11.6 Å². The number of halogens is 1. The van der Waals surface area contributed by atoms with Crippen molar-refractivity contribution in [3.63, 3.8) is 0 Å². The Balaban J connectivity index is 1.78. The summed E-state index contributed by atoms with van der Waals surface area (Å²) >= 11 is 0. The lowest BCUT2D eigenvalue weighted by molar-refractivity contribution is -0.116. The summed E-state index contributed by atoms with van der Waals surface area (Å²) in [6, 6.07) is 13.8. The van der Waals surface area contributed by atoms with Crippen LogP contribution in [-0.4, -0.2) is 12.5 Å². The van der Waals surface area contributed by atoms with Crippen molar-refractivity contribution < 1.29 is 13.9 Å². The van der Waals surface area contributed by atoms with Crippen LogP contribution in [0, 0.1) is 5.82 Å². The van der Waals surface area contributed by atoms with E-state index in [-0.39, 0.29) is 24.7 Å². The average Bonchev–Trinajstić information content (AvgIpc) is 2.50. The zero-order valence-corrected chi connectivity index (χ0v) is 11.9. The van der Waals surface area contributed by atoms with Gasteiger partial charge in [-0.05, 0) is 36.2 Å². The maximum atomic E-state index is 13.3. The number of amides is 1. The highest BCUT2D eigenvalue weighted by atomic mass is 19.1. The minimum Gasteiger partial charge on any atom is -0.490 e. The summed E-state index contributed by atoms with van der Waals surface area (Å²) in [5.41, 5.74) is 1.97. The van der Waals surface area contributed by atoms with Crippen molar-refractivity contribution in [2.75, 3.05) is 11.9 Å². The molecule has 0 radical (unpaired) electrons. The number of hydrogen-bond donors (Lipinski definition) is 1. The molecule has 21 heavy (non-hydrogen) atoms. The highest BCUT2D eigenvalue weighted by Crippen LogP contribution is 2.15. The molecular weight excluding hydrogens is 269 g/mol. The normalized spacial score (nSPS) is 10.2. The molecule has 4 heteroatoms. The lowest BCUT2D eigenvalue weighted by atomic mass is 10.1. The second kappa shape index (κ2) is 7.43. The summed E-state index contributed by atoms with van der Waals surface area (Å²) in [4.78, 5) is 11.8. The molecule has 0 spiro atoms. The van der Waals surface area contributed by atoms with Crippen molar-refractivity contribution >= 4 is 11.6 Å². The summed E-state index contributed by atoms with van der Waals surface area (Å²) < 4.78 is 18.6. The molecule has 0 aromatic heterocycles. The molecule has 0 aliphatic heterocycles. The van der Waals surface area contributed by atoms with E-state index in [1.54, 1.807) is 12.1 Å². The van der Waals surface area contributed by atoms with Crippen LogP contribution in [0.1, 0.15) is 18.9 Å². The summed E-state index contributed by atoms with van der Waals surface area (Å²) in [5, 5.41) is 2.78. The van der Waals surface area contributed by atoms with Gasteiger partial charge in [0, 0.05) is 5.69 Å². The Labute approximate surface area is 123 Å². The summed E-state index contributed by atoms with van der Waals surface area (Å²) in [6.07, 6.45) is 1.13. The number of rotatable bonds is 6. The number of nitrogens with one attached hydrogen (secondary N) is 1. The van der Waals surface area contributed by atoms with E-state index in [2.05, 4.69) is 12.2 Å². The van der Waals surface area contributed by atoms with Crippen LogP contribution in [0.3, 0.4) is 0 Å². The Kier molecular flexibility index (Phi) is 5.32. The minimum absolute atomic E-state index is 0.139. The highest BCUT2D eigenvalue weighted by Gasteiger charge is 2.05. The van der Waals surface area contributed by atoms with Crippen molar-refractivity contribution in [1.29, 1.82) is 0 Å². The maximum absolute atomic E-state index is 13.3. The van der Waals surface area contributed by atoms with E-state index >= 15 is 0 Å². The number of hydrogen-bond acceptors (Lipinski definition) is 2. The second-order valence-corrected chi connectivity index (χ2v) is 4.63. The van der Waals surface area contributed by atoms with Gasteiger partial charge in [-0.2, -0.15) is 0 Å². The van der Waals surface area contributed by atoms with Crippen LogP contribution in [0.15, 0.2) is 48.5 Å². The van der Waals surface area contributed by atoms with Crippen LogP contribution < -0.4 is 10.1 Å². The molecule has 0 unspecified atom stereocenters. The molecule has 3 nitrogen and oxygen atoms in total. The van der Waals surface area contributed by atoms with E-state index in [9.17, 15) is 9.18 Å². The van der Waals surface area contributed by atoms with Crippen LogP contribution in [-0.2, 0) is 11.2 Å². The monoisotopic (exact) mass is 287 g/mol. The average molecular weight is 287 g/mol. The molecule has 0 bridgehead atoms. The SMILES string of the molecule is CCc1ccc(NC(=O)CCOc2ccccc2F)cc1. The third-order valence-corrected chi connectivity index (χ3v) is 3.07. The number of benzene rings is 2. The fraction of sp³-hybridized carbons (Fsp3) is 0.235. The highest BCUT2D eigenvalue weighted by molar-refractivity contribution is 5.90. The van der Waals surface area contributed by atoms with Gasteiger partial charge in [-0.25, -0.2) is 4.39 Å². The zero-order chi connectivity index (χ0) is 15.1. The number of anilines is 1. The lowest BCUT2D eigenvalue weighted by Crippen LogP contribution is -2.15. The molecule has 110 valence electrons. The number of carbonyl (C=O) groups is 1.